The lowest BCUT2D eigenvalue weighted by atomic mass is 9.99. The number of carbonyl (C=O) groups is 2. The quantitative estimate of drug-likeness (QED) is 0.0366. The van der Waals surface area contributed by atoms with Gasteiger partial charge in [-0.25, -0.2) is 31.6 Å². The third-order valence-electron chi connectivity index (χ3n) is 10.6. The van der Waals surface area contributed by atoms with Crippen molar-refractivity contribution in [1.29, 1.82) is 0 Å². The maximum Gasteiger partial charge on any atom is 0.521 e. The van der Waals surface area contributed by atoms with Crippen LogP contribution in [0.25, 0.3) is 0 Å². The molecule has 4 heterocycles. The molecule has 5 aromatic rings. The van der Waals surface area contributed by atoms with E-state index >= 15 is 0 Å². The second kappa shape index (κ2) is 25.4. The Morgan fingerprint density at radius 2 is 1.13 bits per heavy atom. The maximum atomic E-state index is 14.4. The van der Waals surface area contributed by atoms with Gasteiger partial charge in [0.15, 0.2) is 34.9 Å². The summed E-state index contributed by atoms with van der Waals surface area (Å²) in [4.78, 5) is 37.0. The lowest BCUT2D eigenvalue weighted by Crippen LogP contribution is -2.43. The lowest BCUT2D eigenvalue weighted by molar-refractivity contribution is -0.244. The molecule has 3 aromatic carbocycles. The molecule has 4 N–H and O–H groups in total. The van der Waals surface area contributed by atoms with E-state index in [1.165, 1.54) is 9.80 Å². The fraction of sp³-hybridized carbons (Fsp3) is 0.429. The zero-order valence-electron chi connectivity index (χ0n) is 35.6. The number of hydrogen-bond donors (Lipinski definition) is 3. The van der Waals surface area contributed by atoms with E-state index in [0.29, 0.717) is 18.2 Å². The normalized spacial score (nSPS) is 14.7. The summed E-state index contributed by atoms with van der Waals surface area (Å²) < 4.78 is 173. The van der Waals surface area contributed by atoms with Crippen molar-refractivity contribution in [1.82, 2.24) is 44.6 Å². The summed E-state index contributed by atoms with van der Waals surface area (Å²) in [5, 5.41) is 23.7. The van der Waals surface area contributed by atoms with Gasteiger partial charge < -0.3 is 34.9 Å². The van der Waals surface area contributed by atoms with Gasteiger partial charge in [-0.15, -0.1) is 20.4 Å². The Bertz CT molecular complexity index is 2610. The van der Waals surface area contributed by atoms with E-state index in [-0.39, 0.29) is 110 Å². The number of hydrogen-bond acceptors (Lipinski definition) is 12. The van der Waals surface area contributed by atoms with E-state index in [1.54, 1.807) is 0 Å². The van der Waals surface area contributed by atoms with Crippen molar-refractivity contribution in [3.8, 4) is 0 Å². The summed E-state index contributed by atoms with van der Waals surface area (Å²) in [6.07, 6.45) is -10.0. The average molecular weight is 1050 g/mol. The van der Waals surface area contributed by atoms with Crippen LogP contribution in [0.2, 0.25) is 0 Å². The van der Waals surface area contributed by atoms with Crippen molar-refractivity contribution in [2.75, 3.05) is 13.1 Å². The number of fused-ring (bicyclic) bond motifs is 2. The average Bonchev–Trinajstić information content (AvgIpc) is 3.93. The van der Waals surface area contributed by atoms with Gasteiger partial charge in [0.2, 0.25) is 23.5 Å². The predicted octanol–water partition coefficient (Wildman–Crippen LogP) is 7.44. The second-order valence-electron chi connectivity index (χ2n) is 15.4. The second-order valence-corrected chi connectivity index (χ2v) is 16.0. The van der Waals surface area contributed by atoms with E-state index < -0.39 is 91.1 Å². The molecule has 16 nitrogen and oxygen atoms in total. The number of nitrogens with zero attached hydrogens (tertiary/aromatic N) is 8. The highest BCUT2D eigenvalue weighted by molar-refractivity contribution is 7.30. The van der Waals surface area contributed by atoms with Gasteiger partial charge in [-0.1, -0.05) is 45.2 Å². The number of alkyl halides is 6. The number of nitrogens with one attached hydrogen (secondary N) is 1. The number of carbonyl (C=O) groups excluding carboxylic acids is 2. The molecule has 2 amide bonds. The van der Waals surface area contributed by atoms with Crippen LogP contribution >= 0.6 is 8.25 Å². The maximum absolute atomic E-state index is 14.4. The topological polar surface area (TPSA) is 210 Å². The number of rotatable bonds is 12. The first-order chi connectivity index (χ1) is 32.4. The third kappa shape index (κ3) is 16.0. The van der Waals surface area contributed by atoms with Crippen molar-refractivity contribution in [3.63, 3.8) is 0 Å². The largest absolute Gasteiger partial charge is 0.565 e. The molecule has 1 unspecified atom stereocenters. The van der Waals surface area contributed by atoms with Crippen molar-refractivity contribution in [3.05, 3.63) is 129 Å². The Kier molecular flexibility index (Phi) is 21.2. The van der Waals surface area contributed by atoms with Gasteiger partial charge in [-0.2, -0.15) is 26.3 Å². The van der Waals surface area contributed by atoms with Gasteiger partial charge in [0.05, 0.1) is 13.1 Å². The van der Waals surface area contributed by atoms with Gasteiger partial charge in [-0.05, 0) is 53.2 Å². The standard InChI is InChI=1S/C24H23F6N5O.C16H15F6N5O.2CH4.HO4P.H2/c1-14(15-5-3-2-4-6-15)31-17(9-16-10-19(26)20(27)12-18(16)25)11-22(36)34-7-8-35-21(13-34)32-33-23(35)24(28,29)30;17-10-6-12(19)11(18)4-8(10)3-9(23)5-14(28)26-1-2-27-13(7-26)24-25-15(27)16(20,21)22;;;1-4-5(2)3;/h2-6,10,12,14,17,31H,7-9,11,13H2,1H3;4,6,9H,1-3,5,7,23H2;2*1H4;1H;1H/t14-,17-;9-;;;;/m11..../s1. The first-order valence-corrected chi connectivity index (χ1v) is 21.3. The Labute approximate surface area is 399 Å². The lowest BCUT2D eigenvalue weighted by Gasteiger charge is -2.30. The Morgan fingerprint density at radius 1 is 0.718 bits per heavy atom. The highest BCUT2D eigenvalue weighted by atomic mass is 31.1. The summed E-state index contributed by atoms with van der Waals surface area (Å²) in [6.45, 7) is 1.26. The molecule has 0 aliphatic carbocycles. The Morgan fingerprint density at radius 3 is 1.55 bits per heavy atom. The highest BCUT2D eigenvalue weighted by Gasteiger charge is 2.41. The number of nitrogens with two attached hydrogens (primary N) is 1. The van der Waals surface area contributed by atoms with E-state index in [4.69, 9.17) is 20.4 Å². The van der Waals surface area contributed by atoms with Gasteiger partial charge in [0.1, 0.15) is 11.6 Å². The number of amides is 2. The molecule has 392 valence electrons. The zero-order chi connectivity index (χ0) is 51.0. The Balaban J connectivity index is 0.000000444. The third-order valence-corrected chi connectivity index (χ3v) is 10.7. The molecule has 7 rings (SSSR count). The van der Waals surface area contributed by atoms with E-state index in [0.717, 1.165) is 20.8 Å². The van der Waals surface area contributed by atoms with Gasteiger partial charge in [0, 0.05) is 75.4 Å². The molecule has 2 aromatic heterocycles. The minimum atomic E-state index is -4.66. The molecule has 29 heteroatoms. The van der Waals surface area contributed by atoms with Crippen molar-refractivity contribution in [2.24, 2.45) is 5.73 Å². The first kappa shape index (κ1) is 59.2. The number of aromatic nitrogens is 6. The monoisotopic (exact) mass is 1050 g/mol. The molecule has 4 atom stereocenters. The number of benzene rings is 3. The van der Waals surface area contributed by atoms with Crippen LogP contribution < -0.4 is 15.9 Å². The van der Waals surface area contributed by atoms with Crippen LogP contribution in [0.5, 0.6) is 0 Å². The van der Waals surface area contributed by atoms with Gasteiger partial charge in [0.25, 0.3) is 0 Å². The Hall–Kier alpha value is -6.06. The summed E-state index contributed by atoms with van der Waals surface area (Å²) in [5.41, 5.74) is 6.43. The minimum Gasteiger partial charge on any atom is -0.565 e. The van der Waals surface area contributed by atoms with E-state index in [1.807, 2.05) is 37.3 Å². The first-order valence-electron chi connectivity index (χ1n) is 20.2. The van der Waals surface area contributed by atoms with Crippen molar-refractivity contribution < 1.29 is 83.1 Å². The molecule has 2 aliphatic rings. The minimum absolute atomic E-state index is 0. The summed E-state index contributed by atoms with van der Waals surface area (Å²) >= 11 is 0. The van der Waals surface area contributed by atoms with Crippen LogP contribution in [-0.2, 0) is 70.2 Å². The van der Waals surface area contributed by atoms with Crippen LogP contribution in [0.4, 0.5) is 52.7 Å². The summed E-state index contributed by atoms with van der Waals surface area (Å²) in [5.74, 6) is -10.1. The molecule has 0 bridgehead atoms. The molecule has 2 aliphatic heterocycles. The number of halogens is 12. The predicted molar refractivity (Wildman–Crippen MR) is 227 cm³/mol. The molecule has 0 spiro atoms. The van der Waals surface area contributed by atoms with Crippen LogP contribution in [0.3, 0.4) is 0 Å². The molecule has 71 heavy (non-hydrogen) atoms. The fourth-order valence-corrected chi connectivity index (χ4v) is 7.30. The molecule has 0 saturated heterocycles. The van der Waals surface area contributed by atoms with E-state index in [2.05, 4.69) is 30.4 Å². The summed E-state index contributed by atoms with van der Waals surface area (Å²) in [6, 6.07) is 9.70. The van der Waals surface area contributed by atoms with Crippen LogP contribution in [0.1, 0.15) is 82.1 Å². The van der Waals surface area contributed by atoms with Gasteiger partial charge in [-0.3, -0.25) is 9.59 Å². The molecule has 0 saturated carbocycles. The smallest absolute Gasteiger partial charge is 0.521 e. The van der Waals surface area contributed by atoms with Crippen molar-refractivity contribution >= 4 is 20.1 Å². The summed E-state index contributed by atoms with van der Waals surface area (Å²) in [7, 11) is -3.04. The SMILES string of the molecule is C.C.C[C@@H](N[C@@H](CC(=O)N1CCn2c(nnc2C(F)(F)F)C1)Cc1cc(F)c(F)cc1F)c1ccccc1.N[C@@H](CC(=O)N1CCn2c(nnc2C(F)(F)F)C1)Cc1cc(F)c(F)cc1F.O=[P+]([O-])OO.[HH]. The van der Waals surface area contributed by atoms with Crippen LogP contribution in [0.15, 0.2) is 54.6 Å². The molecule has 0 radical (unpaired) electrons. The van der Waals surface area contributed by atoms with E-state index in [9.17, 15) is 62.3 Å². The fourth-order valence-electron chi connectivity index (χ4n) is 7.30. The van der Waals surface area contributed by atoms with Crippen molar-refractivity contribution in [2.45, 2.75) is 104 Å². The van der Waals surface area contributed by atoms with Gasteiger partial charge >= 0.3 is 20.6 Å². The highest BCUT2D eigenvalue weighted by Crippen LogP contribution is 2.31. The molecule has 0 fully saturated rings. The zero-order valence-corrected chi connectivity index (χ0v) is 36.5. The van der Waals surface area contributed by atoms with Crippen LogP contribution in [0, 0.1) is 34.9 Å². The molecular formula is C42H49F12N10O6P. The molecular weight excluding hydrogens is 999 g/mol. The van der Waals surface area contributed by atoms with Crippen LogP contribution in [-0.4, -0.2) is 81.6 Å².